The van der Waals surface area contributed by atoms with Crippen LogP contribution in [0, 0.1) is 0 Å². The third-order valence-electron chi connectivity index (χ3n) is 4.97. The summed E-state index contributed by atoms with van der Waals surface area (Å²) in [6.45, 7) is 0.321. The molecular formula is C22H20ClN5O3. The van der Waals surface area contributed by atoms with Crippen LogP contribution in [0.2, 0.25) is 5.02 Å². The monoisotopic (exact) mass is 437 g/mol. The van der Waals surface area contributed by atoms with Gasteiger partial charge in [-0.1, -0.05) is 35.9 Å². The third-order valence-corrected chi connectivity index (χ3v) is 5.22. The van der Waals surface area contributed by atoms with Crippen molar-refractivity contribution in [2.45, 2.75) is 6.54 Å². The Labute approximate surface area is 183 Å². The predicted octanol–water partition coefficient (Wildman–Crippen LogP) is 3.56. The zero-order valence-electron chi connectivity index (χ0n) is 17.2. The SMILES string of the molecule is COc1cccc(-c2ncc3c(n2)n(C)c(=O)n3C(=O)N(C)Cc2ccc(Cl)cc2)c1. The van der Waals surface area contributed by atoms with Crippen LogP contribution in [-0.2, 0) is 13.6 Å². The fraction of sp³-hybridized carbons (Fsp3) is 0.182. The van der Waals surface area contributed by atoms with Crippen molar-refractivity contribution in [3.8, 4) is 17.1 Å². The summed E-state index contributed by atoms with van der Waals surface area (Å²) < 4.78 is 7.68. The van der Waals surface area contributed by atoms with E-state index in [0.29, 0.717) is 34.3 Å². The summed E-state index contributed by atoms with van der Waals surface area (Å²) in [6.07, 6.45) is 1.49. The molecule has 4 aromatic rings. The molecule has 9 heteroatoms. The van der Waals surface area contributed by atoms with Gasteiger partial charge in [-0.25, -0.2) is 24.1 Å². The molecule has 0 saturated heterocycles. The molecule has 0 aliphatic carbocycles. The van der Waals surface area contributed by atoms with Gasteiger partial charge in [0.2, 0.25) is 0 Å². The van der Waals surface area contributed by atoms with Gasteiger partial charge in [-0.3, -0.25) is 4.57 Å². The van der Waals surface area contributed by atoms with Crippen molar-refractivity contribution in [2.75, 3.05) is 14.2 Å². The van der Waals surface area contributed by atoms with Gasteiger partial charge in [-0.15, -0.1) is 0 Å². The molecule has 158 valence electrons. The normalized spacial score (nSPS) is 11.0. The van der Waals surface area contributed by atoms with Crippen LogP contribution in [0.25, 0.3) is 22.6 Å². The average Bonchev–Trinajstić information content (AvgIpc) is 3.04. The van der Waals surface area contributed by atoms with Crippen molar-refractivity contribution in [3.05, 3.63) is 75.8 Å². The van der Waals surface area contributed by atoms with E-state index >= 15 is 0 Å². The number of hydrogen-bond acceptors (Lipinski definition) is 5. The molecule has 2 aromatic heterocycles. The maximum Gasteiger partial charge on any atom is 0.338 e. The lowest BCUT2D eigenvalue weighted by Crippen LogP contribution is -2.37. The number of nitrogens with zero attached hydrogens (tertiary/aromatic N) is 5. The zero-order chi connectivity index (χ0) is 22.1. The number of carbonyl (C=O) groups is 1. The van der Waals surface area contributed by atoms with E-state index < -0.39 is 11.7 Å². The van der Waals surface area contributed by atoms with Crippen LogP contribution in [0.5, 0.6) is 5.75 Å². The highest BCUT2D eigenvalue weighted by molar-refractivity contribution is 6.30. The van der Waals surface area contributed by atoms with Crippen molar-refractivity contribution >= 4 is 28.8 Å². The Morgan fingerprint density at radius 1 is 1.19 bits per heavy atom. The molecule has 0 radical (unpaired) electrons. The number of ether oxygens (including phenoxy) is 1. The number of aromatic nitrogens is 4. The maximum absolute atomic E-state index is 13.1. The van der Waals surface area contributed by atoms with Gasteiger partial charge in [-0.2, -0.15) is 0 Å². The van der Waals surface area contributed by atoms with E-state index in [1.165, 1.54) is 15.7 Å². The Kier molecular flexibility index (Phi) is 5.48. The van der Waals surface area contributed by atoms with Gasteiger partial charge >= 0.3 is 11.7 Å². The molecule has 0 fully saturated rings. The molecule has 0 bridgehead atoms. The van der Waals surface area contributed by atoms with Crippen LogP contribution >= 0.6 is 11.6 Å². The number of hydrogen-bond donors (Lipinski definition) is 0. The zero-order valence-corrected chi connectivity index (χ0v) is 18.0. The van der Waals surface area contributed by atoms with Gasteiger partial charge in [0.05, 0.1) is 13.3 Å². The minimum atomic E-state index is -0.486. The Hall–Kier alpha value is -3.65. The van der Waals surface area contributed by atoms with Crippen molar-refractivity contribution in [1.82, 2.24) is 24.0 Å². The van der Waals surface area contributed by atoms with Crippen LogP contribution < -0.4 is 10.4 Å². The molecule has 0 N–H and O–H groups in total. The number of imidazole rings is 1. The summed E-state index contributed by atoms with van der Waals surface area (Å²) in [6, 6.07) is 14.0. The van der Waals surface area contributed by atoms with Crippen LogP contribution in [0.1, 0.15) is 5.56 Å². The first-order valence-electron chi connectivity index (χ1n) is 9.48. The molecule has 0 atom stereocenters. The third kappa shape index (κ3) is 3.89. The van der Waals surface area contributed by atoms with Crippen LogP contribution in [0.15, 0.2) is 59.5 Å². The van der Waals surface area contributed by atoms with E-state index in [9.17, 15) is 9.59 Å². The largest absolute Gasteiger partial charge is 0.497 e. The maximum atomic E-state index is 13.1. The second-order valence-corrected chi connectivity index (χ2v) is 7.51. The number of aryl methyl sites for hydroxylation is 1. The van der Waals surface area contributed by atoms with E-state index in [-0.39, 0.29) is 0 Å². The fourth-order valence-electron chi connectivity index (χ4n) is 3.30. The number of fused-ring (bicyclic) bond motifs is 1. The predicted molar refractivity (Wildman–Crippen MR) is 118 cm³/mol. The number of methoxy groups -OCH3 is 1. The lowest BCUT2D eigenvalue weighted by molar-refractivity contribution is 0.208. The molecule has 4 rings (SSSR count). The lowest BCUT2D eigenvalue weighted by Gasteiger charge is -2.17. The van der Waals surface area contributed by atoms with Crippen molar-refractivity contribution in [3.63, 3.8) is 0 Å². The molecule has 8 nitrogen and oxygen atoms in total. The van der Waals surface area contributed by atoms with Gasteiger partial charge in [0.15, 0.2) is 11.5 Å². The summed E-state index contributed by atoms with van der Waals surface area (Å²) >= 11 is 5.92. The molecule has 0 saturated carbocycles. The van der Waals surface area contributed by atoms with E-state index in [1.807, 2.05) is 30.3 Å². The molecule has 0 unspecified atom stereocenters. The standard InChI is InChI=1S/C22H20ClN5O3/c1-26(13-14-7-9-16(23)10-8-14)21(29)28-18-12-24-19(25-20(18)27(2)22(28)30)15-5-4-6-17(11-15)31-3/h4-12H,13H2,1-3H3. The van der Waals surface area contributed by atoms with Gasteiger partial charge in [0.25, 0.3) is 0 Å². The smallest absolute Gasteiger partial charge is 0.338 e. The Morgan fingerprint density at radius 3 is 2.65 bits per heavy atom. The molecule has 2 heterocycles. The summed E-state index contributed by atoms with van der Waals surface area (Å²) in [5, 5.41) is 0.618. The van der Waals surface area contributed by atoms with Crippen molar-refractivity contribution < 1.29 is 9.53 Å². The molecule has 1 amide bonds. The van der Waals surface area contributed by atoms with Crippen molar-refractivity contribution in [2.24, 2.45) is 7.05 Å². The highest BCUT2D eigenvalue weighted by atomic mass is 35.5. The first-order valence-corrected chi connectivity index (χ1v) is 9.85. The summed E-state index contributed by atoms with van der Waals surface area (Å²) in [7, 11) is 4.79. The lowest BCUT2D eigenvalue weighted by atomic mass is 10.2. The van der Waals surface area contributed by atoms with Gasteiger partial charge in [0, 0.05) is 31.2 Å². The second kappa shape index (κ2) is 8.23. The van der Waals surface area contributed by atoms with E-state index in [2.05, 4.69) is 9.97 Å². The molecule has 31 heavy (non-hydrogen) atoms. The van der Waals surface area contributed by atoms with Gasteiger partial charge in [0.1, 0.15) is 11.3 Å². The average molecular weight is 438 g/mol. The number of halogens is 1. The second-order valence-electron chi connectivity index (χ2n) is 7.08. The fourth-order valence-corrected chi connectivity index (χ4v) is 3.43. The highest BCUT2D eigenvalue weighted by Crippen LogP contribution is 2.22. The van der Waals surface area contributed by atoms with Crippen molar-refractivity contribution in [1.29, 1.82) is 0 Å². The van der Waals surface area contributed by atoms with Crippen LogP contribution in [0.4, 0.5) is 4.79 Å². The van der Waals surface area contributed by atoms with Crippen LogP contribution in [0.3, 0.4) is 0 Å². The molecule has 2 aromatic carbocycles. The number of rotatable bonds is 4. The highest BCUT2D eigenvalue weighted by Gasteiger charge is 2.22. The van der Waals surface area contributed by atoms with Crippen LogP contribution in [-0.4, -0.2) is 44.2 Å². The summed E-state index contributed by atoms with van der Waals surface area (Å²) in [5.41, 5.74) is 1.86. The first-order chi connectivity index (χ1) is 14.9. The minimum Gasteiger partial charge on any atom is -0.497 e. The molecule has 0 spiro atoms. The molecule has 0 aliphatic heterocycles. The van der Waals surface area contributed by atoms with Gasteiger partial charge < -0.3 is 9.64 Å². The Bertz CT molecular complexity index is 1330. The molecular weight excluding hydrogens is 418 g/mol. The quantitative estimate of drug-likeness (QED) is 0.487. The first kappa shape index (κ1) is 20.6. The van der Waals surface area contributed by atoms with E-state index in [1.54, 1.807) is 39.4 Å². The van der Waals surface area contributed by atoms with Gasteiger partial charge in [-0.05, 0) is 29.8 Å². The topological polar surface area (TPSA) is 82.2 Å². The summed E-state index contributed by atoms with van der Waals surface area (Å²) in [4.78, 5) is 36.3. The number of benzene rings is 2. The Morgan fingerprint density at radius 2 is 1.94 bits per heavy atom. The Balaban J connectivity index is 1.71. The van der Waals surface area contributed by atoms with E-state index in [4.69, 9.17) is 16.3 Å². The number of amides is 1. The minimum absolute atomic E-state index is 0.321. The number of carbonyl (C=O) groups excluding carboxylic acids is 1. The molecule has 0 aliphatic rings. The van der Waals surface area contributed by atoms with E-state index in [0.717, 1.165) is 15.7 Å². The summed E-state index contributed by atoms with van der Waals surface area (Å²) in [5.74, 6) is 1.10.